The minimum Gasteiger partial charge on any atom is -0.504 e. The molecule has 0 aliphatic rings. The number of nitrogens with one attached hydrogen (secondary N) is 1. The number of hydrogen-bond acceptors (Lipinski definition) is 3. The molecule has 2 aromatic rings. The van der Waals surface area contributed by atoms with Crippen LogP contribution in [0.1, 0.15) is 24.1 Å². The Bertz CT molecular complexity index is 659. The Labute approximate surface area is 122 Å². The van der Waals surface area contributed by atoms with Crippen molar-refractivity contribution in [2.45, 2.75) is 19.9 Å². The lowest BCUT2D eigenvalue weighted by Gasteiger charge is -2.17. The number of hydrogen-bond donors (Lipinski definition) is 2. The predicted octanol–water partition coefficient (Wildman–Crippen LogP) is 4.16. The summed E-state index contributed by atoms with van der Waals surface area (Å²) in [7, 11) is 1.45. The number of anilines is 1. The number of phenolic OH excluding ortho intramolecular Hbond substituents is 1. The number of aryl methyl sites for hydroxylation is 1. The van der Waals surface area contributed by atoms with Crippen LogP contribution in [-0.2, 0) is 0 Å². The highest BCUT2D eigenvalue weighted by Crippen LogP contribution is 2.31. The topological polar surface area (TPSA) is 41.5 Å². The van der Waals surface area contributed by atoms with E-state index in [1.165, 1.54) is 32.2 Å². The maximum atomic E-state index is 13.9. The van der Waals surface area contributed by atoms with Gasteiger partial charge < -0.3 is 15.2 Å². The molecular formula is C16H17F2NO2. The maximum absolute atomic E-state index is 13.9. The van der Waals surface area contributed by atoms with Crippen molar-refractivity contribution < 1.29 is 18.6 Å². The third-order valence-electron chi connectivity index (χ3n) is 3.31. The van der Waals surface area contributed by atoms with E-state index in [9.17, 15) is 13.9 Å². The van der Waals surface area contributed by atoms with Gasteiger partial charge in [-0.3, -0.25) is 0 Å². The number of ether oxygens (including phenoxy) is 1. The van der Waals surface area contributed by atoms with Crippen LogP contribution in [0.2, 0.25) is 0 Å². The fraction of sp³-hybridized carbons (Fsp3) is 0.250. The molecule has 0 aromatic heterocycles. The molecule has 0 saturated heterocycles. The number of aromatic hydroxyl groups is 1. The molecule has 3 nitrogen and oxygen atoms in total. The highest BCUT2D eigenvalue weighted by atomic mass is 19.1. The molecule has 0 saturated carbocycles. The Kier molecular flexibility index (Phi) is 4.31. The molecule has 1 unspecified atom stereocenters. The third kappa shape index (κ3) is 3.24. The van der Waals surface area contributed by atoms with Crippen molar-refractivity contribution in [3.05, 3.63) is 53.1 Å². The van der Waals surface area contributed by atoms with Gasteiger partial charge in [-0.15, -0.1) is 0 Å². The van der Waals surface area contributed by atoms with Crippen LogP contribution in [0, 0.1) is 18.6 Å². The van der Waals surface area contributed by atoms with Gasteiger partial charge >= 0.3 is 0 Å². The maximum Gasteiger partial charge on any atom is 0.160 e. The zero-order valence-electron chi connectivity index (χ0n) is 12.1. The molecule has 2 N–H and O–H groups in total. The van der Waals surface area contributed by atoms with E-state index in [0.717, 1.165) is 0 Å². The monoisotopic (exact) mass is 293 g/mol. The Morgan fingerprint density at radius 3 is 2.48 bits per heavy atom. The second-order valence-corrected chi connectivity index (χ2v) is 4.88. The number of rotatable bonds is 4. The minimum atomic E-state index is -0.466. The second kappa shape index (κ2) is 5.99. The summed E-state index contributed by atoms with van der Waals surface area (Å²) in [6, 6.07) is 6.67. The van der Waals surface area contributed by atoms with Crippen LogP contribution in [-0.4, -0.2) is 12.2 Å². The van der Waals surface area contributed by atoms with E-state index in [-0.39, 0.29) is 16.9 Å². The highest BCUT2D eigenvalue weighted by Gasteiger charge is 2.14. The largest absolute Gasteiger partial charge is 0.504 e. The quantitative estimate of drug-likeness (QED) is 0.889. The number of phenols is 1. The van der Waals surface area contributed by atoms with Crippen molar-refractivity contribution >= 4 is 5.69 Å². The fourth-order valence-electron chi connectivity index (χ4n) is 2.10. The lowest BCUT2D eigenvalue weighted by Crippen LogP contribution is -2.09. The summed E-state index contributed by atoms with van der Waals surface area (Å²) in [6.45, 7) is 3.23. The summed E-state index contributed by atoms with van der Waals surface area (Å²) in [5.41, 5.74) is 1.08. The van der Waals surface area contributed by atoms with Crippen LogP contribution in [0.5, 0.6) is 11.5 Å². The summed E-state index contributed by atoms with van der Waals surface area (Å²) >= 11 is 0. The molecule has 5 heteroatoms. The van der Waals surface area contributed by atoms with Crippen LogP contribution < -0.4 is 10.1 Å². The second-order valence-electron chi connectivity index (χ2n) is 4.88. The van der Waals surface area contributed by atoms with Crippen molar-refractivity contribution in [3.63, 3.8) is 0 Å². The minimum absolute atomic E-state index is 0.0229. The van der Waals surface area contributed by atoms with Gasteiger partial charge in [0.2, 0.25) is 0 Å². The van der Waals surface area contributed by atoms with Crippen molar-refractivity contribution in [1.82, 2.24) is 0 Å². The van der Waals surface area contributed by atoms with Gasteiger partial charge in [-0.1, -0.05) is 0 Å². The van der Waals surface area contributed by atoms with Gasteiger partial charge in [0.15, 0.2) is 11.5 Å². The van der Waals surface area contributed by atoms with Gasteiger partial charge in [0, 0.05) is 17.3 Å². The van der Waals surface area contributed by atoms with Crippen LogP contribution in [0.25, 0.3) is 0 Å². The molecule has 0 spiro atoms. The van der Waals surface area contributed by atoms with E-state index in [2.05, 4.69) is 5.32 Å². The summed E-state index contributed by atoms with van der Waals surface area (Å²) in [6.07, 6.45) is 0. The first kappa shape index (κ1) is 15.1. The average Bonchev–Trinajstić information content (AvgIpc) is 2.43. The van der Waals surface area contributed by atoms with Gasteiger partial charge in [0.05, 0.1) is 13.2 Å². The molecular weight excluding hydrogens is 276 g/mol. The zero-order valence-corrected chi connectivity index (χ0v) is 12.1. The zero-order chi connectivity index (χ0) is 15.6. The number of methoxy groups -OCH3 is 1. The van der Waals surface area contributed by atoms with E-state index < -0.39 is 17.7 Å². The molecule has 0 fully saturated rings. The molecule has 2 rings (SSSR count). The van der Waals surface area contributed by atoms with E-state index in [1.54, 1.807) is 19.1 Å². The smallest absolute Gasteiger partial charge is 0.160 e. The Balaban J connectivity index is 2.23. The van der Waals surface area contributed by atoms with Crippen LogP contribution >= 0.6 is 0 Å². The van der Waals surface area contributed by atoms with Crippen LogP contribution in [0.4, 0.5) is 14.5 Å². The van der Waals surface area contributed by atoms with Gasteiger partial charge in [0.1, 0.15) is 11.6 Å². The molecule has 0 amide bonds. The van der Waals surface area contributed by atoms with Crippen LogP contribution in [0.15, 0.2) is 30.3 Å². The Hall–Kier alpha value is -2.30. The van der Waals surface area contributed by atoms with E-state index in [4.69, 9.17) is 4.74 Å². The summed E-state index contributed by atoms with van der Waals surface area (Å²) in [4.78, 5) is 0. The van der Waals surface area contributed by atoms with E-state index in [0.29, 0.717) is 11.4 Å². The first-order valence-corrected chi connectivity index (χ1v) is 6.51. The molecule has 0 aliphatic carbocycles. The van der Waals surface area contributed by atoms with Crippen molar-refractivity contribution in [1.29, 1.82) is 0 Å². The molecule has 0 radical (unpaired) electrons. The molecule has 112 valence electrons. The summed E-state index contributed by atoms with van der Waals surface area (Å²) < 4.78 is 32.4. The highest BCUT2D eigenvalue weighted by molar-refractivity contribution is 5.55. The van der Waals surface area contributed by atoms with E-state index in [1.807, 2.05) is 0 Å². The molecule has 0 heterocycles. The average molecular weight is 293 g/mol. The number of halogens is 2. The molecule has 1 atom stereocenters. The fourth-order valence-corrected chi connectivity index (χ4v) is 2.10. The van der Waals surface area contributed by atoms with Crippen LogP contribution in [0.3, 0.4) is 0 Å². The van der Waals surface area contributed by atoms with Crippen molar-refractivity contribution in [3.8, 4) is 11.5 Å². The van der Waals surface area contributed by atoms with Gasteiger partial charge in [-0.05, 0) is 43.7 Å². The molecule has 0 aliphatic heterocycles. The number of benzene rings is 2. The van der Waals surface area contributed by atoms with Gasteiger partial charge in [-0.2, -0.15) is 0 Å². The SMILES string of the molecule is COc1ccc(NC(C)c2cc(F)c(C)cc2F)cc1O. The third-order valence-corrected chi connectivity index (χ3v) is 3.31. The van der Waals surface area contributed by atoms with E-state index >= 15 is 0 Å². The Morgan fingerprint density at radius 1 is 1.14 bits per heavy atom. The molecule has 2 aromatic carbocycles. The van der Waals surface area contributed by atoms with Crippen molar-refractivity contribution in [2.75, 3.05) is 12.4 Å². The first-order valence-electron chi connectivity index (χ1n) is 6.51. The Morgan fingerprint density at radius 2 is 1.86 bits per heavy atom. The van der Waals surface area contributed by atoms with Gasteiger partial charge in [0.25, 0.3) is 0 Å². The first-order chi connectivity index (χ1) is 9.92. The molecule has 21 heavy (non-hydrogen) atoms. The summed E-state index contributed by atoms with van der Waals surface area (Å²) in [5, 5.41) is 12.7. The lowest BCUT2D eigenvalue weighted by atomic mass is 10.0. The predicted molar refractivity (Wildman–Crippen MR) is 77.8 cm³/mol. The summed E-state index contributed by atoms with van der Waals surface area (Å²) in [5.74, 6) is -0.588. The van der Waals surface area contributed by atoms with Crippen molar-refractivity contribution in [2.24, 2.45) is 0 Å². The lowest BCUT2D eigenvalue weighted by molar-refractivity contribution is 0.373. The standard InChI is InChI=1S/C16H17F2NO2/c1-9-6-14(18)12(8-13(9)17)10(2)19-11-4-5-16(21-3)15(20)7-11/h4-8,10,19-20H,1-3H3. The normalized spacial score (nSPS) is 12.0. The van der Waals surface area contributed by atoms with Gasteiger partial charge in [-0.25, -0.2) is 8.78 Å². The molecule has 0 bridgehead atoms.